The first-order valence-corrected chi connectivity index (χ1v) is 8.95. The highest BCUT2D eigenvalue weighted by molar-refractivity contribution is 7.92. The number of rotatable bonds is 6. The maximum absolute atomic E-state index is 12.6. The Morgan fingerprint density at radius 1 is 1.12 bits per heavy atom. The van der Waals surface area contributed by atoms with Crippen molar-refractivity contribution in [1.29, 1.82) is 0 Å². The number of nitrogens with one attached hydrogen (secondary N) is 1. The van der Waals surface area contributed by atoms with Crippen molar-refractivity contribution in [1.82, 2.24) is 0 Å². The number of carbonyl (C=O) groups is 1. The predicted molar refractivity (Wildman–Crippen MR) is 95.7 cm³/mol. The number of benzene rings is 2. The Bertz CT molecular complexity index is 848. The number of anilines is 2. The predicted octanol–water partition coefficient (Wildman–Crippen LogP) is 2.43. The van der Waals surface area contributed by atoms with Crippen LogP contribution in [0, 0.1) is 0 Å². The minimum atomic E-state index is -3.84. The fraction of sp³-hybridized carbons (Fsp3) is 0.235. The van der Waals surface area contributed by atoms with E-state index in [1.165, 1.54) is 24.3 Å². The van der Waals surface area contributed by atoms with Gasteiger partial charge < -0.3 is 10.6 Å². The Morgan fingerprint density at radius 3 is 2.42 bits per heavy atom. The molecule has 2 rings (SSSR count). The quantitative estimate of drug-likeness (QED) is 0.839. The topological polar surface area (TPSA) is 92.5 Å². The lowest BCUT2D eigenvalue weighted by molar-refractivity contribution is 0.1000. The molecule has 6 nitrogen and oxygen atoms in total. The molecular formula is C17H21N3O3S. The van der Waals surface area contributed by atoms with E-state index < -0.39 is 15.9 Å². The highest BCUT2D eigenvalue weighted by Crippen LogP contribution is 2.28. The first-order chi connectivity index (χ1) is 11.2. The monoisotopic (exact) mass is 347 g/mol. The van der Waals surface area contributed by atoms with E-state index >= 15 is 0 Å². The number of para-hydroxylation sites is 2. The molecule has 2 aromatic carbocycles. The molecule has 0 aliphatic rings. The van der Waals surface area contributed by atoms with Gasteiger partial charge >= 0.3 is 0 Å². The second kappa shape index (κ2) is 6.92. The largest absolute Gasteiger partial charge is 0.370 e. The molecule has 0 unspecified atom stereocenters. The van der Waals surface area contributed by atoms with Crippen molar-refractivity contribution in [3.05, 3.63) is 54.1 Å². The smallest absolute Gasteiger partial charge is 0.261 e. The second-order valence-electron chi connectivity index (χ2n) is 5.72. The average Bonchev–Trinajstić information content (AvgIpc) is 2.54. The molecule has 0 atom stereocenters. The van der Waals surface area contributed by atoms with E-state index in [0.717, 1.165) is 5.69 Å². The molecule has 0 heterocycles. The summed E-state index contributed by atoms with van der Waals surface area (Å²) in [5.41, 5.74) is 6.60. The SMILES string of the molecule is CC(C)N(C)c1ccccc1NS(=O)(=O)c1cccc(C(N)=O)c1. The molecule has 0 spiro atoms. The summed E-state index contributed by atoms with van der Waals surface area (Å²) >= 11 is 0. The van der Waals surface area contributed by atoms with Gasteiger partial charge in [0.15, 0.2) is 0 Å². The van der Waals surface area contributed by atoms with Gasteiger partial charge in [0, 0.05) is 18.7 Å². The summed E-state index contributed by atoms with van der Waals surface area (Å²) in [5, 5.41) is 0. The second-order valence-corrected chi connectivity index (χ2v) is 7.40. The lowest BCUT2D eigenvalue weighted by atomic mass is 10.2. The summed E-state index contributed by atoms with van der Waals surface area (Å²) in [7, 11) is -1.94. The molecule has 2 aromatic rings. The van der Waals surface area contributed by atoms with Crippen LogP contribution in [0.25, 0.3) is 0 Å². The Morgan fingerprint density at radius 2 is 1.79 bits per heavy atom. The van der Waals surface area contributed by atoms with E-state index in [2.05, 4.69) is 4.72 Å². The summed E-state index contributed by atoms with van der Waals surface area (Å²) in [5.74, 6) is -0.674. The van der Waals surface area contributed by atoms with Crippen molar-refractivity contribution < 1.29 is 13.2 Å². The summed E-state index contributed by atoms with van der Waals surface area (Å²) in [4.78, 5) is 13.2. The van der Waals surface area contributed by atoms with Crippen LogP contribution >= 0.6 is 0 Å². The maximum Gasteiger partial charge on any atom is 0.261 e. The van der Waals surface area contributed by atoms with Crippen LogP contribution in [-0.2, 0) is 10.0 Å². The third-order valence-corrected chi connectivity index (χ3v) is 5.09. The van der Waals surface area contributed by atoms with Crippen LogP contribution in [0.2, 0.25) is 0 Å². The van der Waals surface area contributed by atoms with Crippen LogP contribution in [0.3, 0.4) is 0 Å². The van der Waals surface area contributed by atoms with Gasteiger partial charge in [-0.1, -0.05) is 18.2 Å². The standard InChI is InChI=1S/C17H21N3O3S/c1-12(2)20(3)16-10-5-4-9-15(16)19-24(22,23)14-8-6-7-13(11-14)17(18)21/h4-12,19H,1-3H3,(H2,18,21). The van der Waals surface area contributed by atoms with E-state index in [0.29, 0.717) is 5.69 Å². The molecule has 0 aliphatic carbocycles. The minimum absolute atomic E-state index is 0.0131. The number of primary amides is 1. The van der Waals surface area contributed by atoms with Crippen molar-refractivity contribution in [2.75, 3.05) is 16.7 Å². The Balaban J connectivity index is 2.40. The van der Waals surface area contributed by atoms with Crippen molar-refractivity contribution in [2.24, 2.45) is 5.73 Å². The van der Waals surface area contributed by atoms with E-state index in [4.69, 9.17) is 5.73 Å². The van der Waals surface area contributed by atoms with Gasteiger partial charge in [0.2, 0.25) is 5.91 Å². The van der Waals surface area contributed by atoms with Crippen LogP contribution in [0.15, 0.2) is 53.4 Å². The summed E-state index contributed by atoms with van der Waals surface area (Å²) in [6, 6.07) is 13.0. The third-order valence-electron chi connectivity index (χ3n) is 3.73. The normalized spacial score (nSPS) is 11.3. The van der Waals surface area contributed by atoms with Gasteiger partial charge in [0.1, 0.15) is 0 Å². The van der Waals surface area contributed by atoms with Crippen LogP contribution in [0.4, 0.5) is 11.4 Å². The first kappa shape index (κ1) is 17.8. The van der Waals surface area contributed by atoms with Gasteiger partial charge in [-0.2, -0.15) is 0 Å². The molecule has 128 valence electrons. The van der Waals surface area contributed by atoms with Crippen LogP contribution in [0.1, 0.15) is 24.2 Å². The summed E-state index contributed by atoms with van der Waals surface area (Å²) in [6.45, 7) is 4.03. The molecule has 3 N–H and O–H groups in total. The highest BCUT2D eigenvalue weighted by atomic mass is 32.2. The molecule has 7 heteroatoms. The van der Waals surface area contributed by atoms with E-state index in [1.54, 1.807) is 12.1 Å². The van der Waals surface area contributed by atoms with Gasteiger partial charge in [-0.3, -0.25) is 9.52 Å². The first-order valence-electron chi connectivity index (χ1n) is 7.47. The summed E-state index contributed by atoms with van der Waals surface area (Å²) < 4.78 is 27.9. The Hall–Kier alpha value is -2.54. The van der Waals surface area contributed by atoms with Crippen molar-refractivity contribution in [3.63, 3.8) is 0 Å². The molecular weight excluding hydrogens is 326 g/mol. The zero-order chi connectivity index (χ0) is 17.9. The number of sulfonamides is 1. The van der Waals surface area contributed by atoms with Crippen molar-refractivity contribution >= 4 is 27.3 Å². The maximum atomic E-state index is 12.6. The number of nitrogens with zero attached hydrogens (tertiary/aromatic N) is 1. The molecule has 0 radical (unpaired) electrons. The third kappa shape index (κ3) is 3.86. The molecule has 0 saturated heterocycles. The van der Waals surface area contributed by atoms with Crippen molar-refractivity contribution in [3.8, 4) is 0 Å². The molecule has 0 fully saturated rings. The van der Waals surface area contributed by atoms with E-state index in [9.17, 15) is 13.2 Å². The number of nitrogens with two attached hydrogens (primary N) is 1. The Labute approximate surface area is 142 Å². The van der Waals surface area contributed by atoms with Gasteiger partial charge in [-0.25, -0.2) is 8.42 Å². The zero-order valence-corrected chi connectivity index (χ0v) is 14.7. The lowest BCUT2D eigenvalue weighted by Gasteiger charge is -2.26. The molecule has 0 saturated carbocycles. The van der Waals surface area contributed by atoms with Gasteiger partial charge in [-0.05, 0) is 44.2 Å². The fourth-order valence-corrected chi connectivity index (χ4v) is 3.29. The highest BCUT2D eigenvalue weighted by Gasteiger charge is 2.19. The molecule has 0 aromatic heterocycles. The molecule has 24 heavy (non-hydrogen) atoms. The number of amides is 1. The van der Waals surface area contributed by atoms with Gasteiger partial charge in [0.25, 0.3) is 10.0 Å². The van der Waals surface area contributed by atoms with Crippen molar-refractivity contribution in [2.45, 2.75) is 24.8 Å². The fourth-order valence-electron chi connectivity index (χ4n) is 2.17. The molecule has 0 aliphatic heterocycles. The minimum Gasteiger partial charge on any atom is -0.370 e. The van der Waals surface area contributed by atoms with Crippen LogP contribution in [-0.4, -0.2) is 27.4 Å². The van der Waals surface area contributed by atoms with Crippen LogP contribution in [0.5, 0.6) is 0 Å². The Kier molecular flexibility index (Phi) is 5.14. The number of hydrogen-bond acceptors (Lipinski definition) is 4. The zero-order valence-electron chi connectivity index (χ0n) is 13.9. The van der Waals surface area contributed by atoms with Gasteiger partial charge in [-0.15, -0.1) is 0 Å². The van der Waals surface area contributed by atoms with Crippen LogP contribution < -0.4 is 15.4 Å². The van der Waals surface area contributed by atoms with E-state index in [1.807, 2.05) is 37.9 Å². The average molecular weight is 347 g/mol. The number of carbonyl (C=O) groups excluding carboxylic acids is 1. The number of hydrogen-bond donors (Lipinski definition) is 2. The lowest BCUT2D eigenvalue weighted by Crippen LogP contribution is -2.27. The van der Waals surface area contributed by atoms with E-state index in [-0.39, 0.29) is 16.5 Å². The molecule has 1 amide bonds. The summed E-state index contributed by atoms with van der Waals surface area (Å²) in [6.07, 6.45) is 0. The molecule has 0 bridgehead atoms. The van der Waals surface area contributed by atoms with Gasteiger partial charge in [0.05, 0.1) is 16.3 Å².